The zero-order valence-electron chi connectivity index (χ0n) is 27.2. The number of allylic oxidation sites excluding steroid dienone is 1. The summed E-state index contributed by atoms with van der Waals surface area (Å²) < 4.78 is 18.6. The van der Waals surface area contributed by atoms with E-state index < -0.39 is 8.32 Å². The lowest BCUT2D eigenvalue weighted by Crippen LogP contribution is -2.54. The second kappa shape index (κ2) is 11.5. The predicted octanol–water partition coefficient (Wildman–Crippen LogP) is 8.75. The first kappa shape index (κ1) is 30.9. The van der Waals surface area contributed by atoms with Gasteiger partial charge in [0.25, 0.3) is 0 Å². The van der Waals surface area contributed by atoms with Crippen molar-refractivity contribution in [2.75, 3.05) is 19.8 Å². The van der Waals surface area contributed by atoms with Gasteiger partial charge in [-0.2, -0.15) is 0 Å². The van der Waals surface area contributed by atoms with E-state index in [1.54, 1.807) is 0 Å². The average Bonchev–Trinajstić information content (AvgIpc) is 3.24. The van der Waals surface area contributed by atoms with E-state index in [0.29, 0.717) is 35.1 Å². The molecule has 0 radical (unpaired) electrons. The third-order valence-corrected chi connectivity index (χ3v) is 17.8. The highest BCUT2D eigenvalue weighted by molar-refractivity contribution is 6.74. The molecule has 3 saturated carbocycles. The number of hydrogen-bond donors (Lipinski definition) is 0. The van der Waals surface area contributed by atoms with Crippen molar-refractivity contribution in [2.24, 2.45) is 40.4 Å². The number of ether oxygens (including phenoxy) is 2. The van der Waals surface area contributed by atoms with Gasteiger partial charge in [-0.05, 0) is 129 Å². The Morgan fingerprint density at radius 2 is 1.73 bits per heavy atom. The van der Waals surface area contributed by atoms with E-state index in [1.165, 1.54) is 44.1 Å². The molecule has 1 saturated heterocycles. The molecule has 0 aromatic heterocycles. The number of hydrogen-bond acceptors (Lipinski definition) is 4. The smallest absolute Gasteiger partial charge is 0.191 e. The monoisotopic (exact) mass is 572 g/mol. The first-order valence-corrected chi connectivity index (χ1v) is 19.8. The number of ketones is 1. The lowest BCUT2D eigenvalue weighted by molar-refractivity contribution is -0.136. The summed E-state index contributed by atoms with van der Waals surface area (Å²) in [5.41, 5.74) is 1.90. The standard InChI is InChI=1S/C35H60O4Si/c1-24(10-9-19-38-40(7,8)33(2,3)4)28-11-12-29-32-30(14-18-35(28,29)6)34(5)17-13-27(22-25(34)23-31(32)36)39-26-15-20-37-21-16-26/h23-24,26-30,32H,9-22H2,1-8H3/t24-,27?,28-,29+,30+,32+,34+,35-/m1/s1. The summed E-state index contributed by atoms with van der Waals surface area (Å²) in [6.07, 6.45) is 15.5. The Morgan fingerprint density at radius 3 is 2.42 bits per heavy atom. The maximum atomic E-state index is 13.9. The lowest BCUT2D eigenvalue weighted by atomic mass is 9.46. The molecule has 5 heteroatoms. The van der Waals surface area contributed by atoms with Crippen molar-refractivity contribution >= 4 is 14.1 Å². The summed E-state index contributed by atoms with van der Waals surface area (Å²) in [6, 6.07) is 0. The molecule has 1 heterocycles. The van der Waals surface area contributed by atoms with E-state index in [4.69, 9.17) is 13.9 Å². The highest BCUT2D eigenvalue weighted by Gasteiger charge is 2.61. The number of rotatable bonds is 8. The summed E-state index contributed by atoms with van der Waals surface area (Å²) in [5, 5.41) is 0.276. The van der Waals surface area contributed by atoms with Gasteiger partial charge in [0.2, 0.25) is 0 Å². The normalized spacial score (nSPS) is 39.8. The van der Waals surface area contributed by atoms with Crippen LogP contribution in [0.1, 0.15) is 112 Å². The van der Waals surface area contributed by atoms with E-state index >= 15 is 0 Å². The van der Waals surface area contributed by atoms with Crippen molar-refractivity contribution in [1.82, 2.24) is 0 Å². The van der Waals surface area contributed by atoms with Gasteiger partial charge in [-0.3, -0.25) is 4.79 Å². The Balaban J connectivity index is 1.22. The lowest BCUT2D eigenvalue weighted by Gasteiger charge is -2.57. The van der Waals surface area contributed by atoms with Gasteiger partial charge in [0.1, 0.15) is 0 Å². The third kappa shape index (κ3) is 5.72. The largest absolute Gasteiger partial charge is 0.417 e. The van der Waals surface area contributed by atoms with E-state index in [0.717, 1.165) is 57.8 Å². The van der Waals surface area contributed by atoms with Gasteiger partial charge in [0, 0.05) is 25.7 Å². The van der Waals surface area contributed by atoms with Crippen LogP contribution in [0, 0.1) is 40.4 Å². The number of fused-ring (bicyclic) bond motifs is 5. The van der Waals surface area contributed by atoms with Gasteiger partial charge >= 0.3 is 0 Å². The average molecular weight is 573 g/mol. The minimum absolute atomic E-state index is 0.181. The molecular formula is C35H60O4Si. The Hall–Kier alpha value is -0.493. The number of carbonyl (C=O) groups is 1. The zero-order chi connectivity index (χ0) is 28.9. The molecule has 1 unspecified atom stereocenters. The van der Waals surface area contributed by atoms with Crippen LogP contribution in [0.4, 0.5) is 0 Å². The van der Waals surface area contributed by atoms with Gasteiger partial charge in [-0.25, -0.2) is 0 Å². The Labute approximate surface area is 246 Å². The quantitative estimate of drug-likeness (QED) is 0.215. The first-order chi connectivity index (χ1) is 18.8. The summed E-state index contributed by atoms with van der Waals surface area (Å²) in [4.78, 5) is 13.9. The highest BCUT2D eigenvalue weighted by Crippen LogP contribution is 2.66. The molecule has 0 aromatic rings. The van der Waals surface area contributed by atoms with Gasteiger partial charge in [-0.15, -0.1) is 0 Å². The van der Waals surface area contributed by atoms with Crippen molar-refractivity contribution in [3.8, 4) is 0 Å². The highest BCUT2D eigenvalue weighted by atomic mass is 28.4. The summed E-state index contributed by atoms with van der Waals surface area (Å²) >= 11 is 0. The van der Waals surface area contributed by atoms with Crippen molar-refractivity contribution < 1.29 is 18.7 Å². The van der Waals surface area contributed by atoms with Crippen molar-refractivity contribution in [3.63, 3.8) is 0 Å². The molecule has 5 rings (SSSR count). The molecule has 4 aliphatic carbocycles. The van der Waals surface area contributed by atoms with E-state index in [2.05, 4.69) is 60.7 Å². The maximum Gasteiger partial charge on any atom is 0.191 e. The van der Waals surface area contributed by atoms with Crippen LogP contribution in [0.2, 0.25) is 18.1 Å². The summed E-state index contributed by atoms with van der Waals surface area (Å²) in [7, 11) is -1.67. The second-order valence-corrected chi connectivity index (χ2v) is 21.3. The van der Waals surface area contributed by atoms with E-state index in [1.807, 2.05) is 0 Å². The van der Waals surface area contributed by atoms with Crippen LogP contribution in [-0.2, 0) is 18.7 Å². The fourth-order valence-electron chi connectivity index (χ4n) is 9.69. The van der Waals surface area contributed by atoms with Crippen LogP contribution in [0.5, 0.6) is 0 Å². The molecular weight excluding hydrogens is 512 g/mol. The molecule has 228 valence electrons. The van der Waals surface area contributed by atoms with Gasteiger partial charge in [-0.1, -0.05) is 47.1 Å². The zero-order valence-corrected chi connectivity index (χ0v) is 28.2. The van der Waals surface area contributed by atoms with Crippen molar-refractivity contribution in [2.45, 2.75) is 143 Å². The van der Waals surface area contributed by atoms with Crippen LogP contribution in [0.3, 0.4) is 0 Å². The molecule has 1 aliphatic heterocycles. The molecule has 0 aromatic carbocycles. The molecule has 0 bridgehead atoms. The molecule has 4 fully saturated rings. The Bertz CT molecular complexity index is 946. The molecule has 4 nitrogen and oxygen atoms in total. The predicted molar refractivity (Wildman–Crippen MR) is 166 cm³/mol. The second-order valence-electron chi connectivity index (χ2n) is 16.5. The minimum Gasteiger partial charge on any atom is -0.417 e. The first-order valence-electron chi connectivity index (χ1n) is 16.9. The van der Waals surface area contributed by atoms with E-state index in [-0.39, 0.29) is 22.5 Å². The molecule has 0 spiro atoms. The number of carbonyl (C=O) groups excluding carboxylic acids is 1. The van der Waals surface area contributed by atoms with Gasteiger partial charge < -0.3 is 13.9 Å². The van der Waals surface area contributed by atoms with Crippen molar-refractivity contribution in [1.29, 1.82) is 0 Å². The molecule has 40 heavy (non-hydrogen) atoms. The molecule has 8 atom stereocenters. The van der Waals surface area contributed by atoms with Crippen LogP contribution >= 0.6 is 0 Å². The van der Waals surface area contributed by atoms with Crippen LogP contribution in [0.15, 0.2) is 11.6 Å². The minimum atomic E-state index is -1.67. The Morgan fingerprint density at radius 1 is 1.00 bits per heavy atom. The van der Waals surface area contributed by atoms with Crippen LogP contribution in [-0.4, -0.2) is 46.1 Å². The summed E-state index contributed by atoms with van der Waals surface area (Å²) in [6.45, 7) is 21.8. The molecule has 0 N–H and O–H groups in total. The van der Waals surface area contributed by atoms with Gasteiger partial charge in [0.05, 0.1) is 12.2 Å². The molecule has 0 amide bonds. The van der Waals surface area contributed by atoms with Gasteiger partial charge in [0.15, 0.2) is 14.1 Å². The fraction of sp³-hybridized carbons (Fsp3) is 0.914. The van der Waals surface area contributed by atoms with E-state index in [9.17, 15) is 4.79 Å². The van der Waals surface area contributed by atoms with Crippen LogP contribution in [0.25, 0.3) is 0 Å². The fourth-order valence-corrected chi connectivity index (χ4v) is 10.8. The maximum absolute atomic E-state index is 13.9. The van der Waals surface area contributed by atoms with Crippen molar-refractivity contribution in [3.05, 3.63) is 11.6 Å². The SMILES string of the molecule is C[C@H](CCCO[Si](C)(C)C(C)(C)C)[C@H]1CC[C@H]2[C@@H]3C(=O)C=C4CC(OC5CCOCC5)CC[C@]4(C)[C@H]3CC[C@]12C. The third-order valence-electron chi connectivity index (χ3n) is 13.3. The Kier molecular flexibility index (Phi) is 8.93. The summed E-state index contributed by atoms with van der Waals surface area (Å²) in [5.74, 6) is 3.21. The van der Waals surface area contributed by atoms with Crippen LogP contribution < -0.4 is 0 Å². The molecule has 5 aliphatic rings. The topological polar surface area (TPSA) is 44.8 Å².